The molecule has 1 atom stereocenters. The van der Waals surface area contributed by atoms with Crippen molar-refractivity contribution < 1.29 is 14.0 Å². The van der Waals surface area contributed by atoms with E-state index in [-0.39, 0.29) is 23.1 Å². The second-order valence-electron chi connectivity index (χ2n) is 6.26. The summed E-state index contributed by atoms with van der Waals surface area (Å²) in [6, 6.07) is 13.7. The maximum atomic E-state index is 14.1. The fourth-order valence-electron chi connectivity index (χ4n) is 2.90. The first-order valence-corrected chi connectivity index (χ1v) is 9.27. The van der Waals surface area contributed by atoms with Gasteiger partial charge in [-0.05, 0) is 42.7 Å². The maximum absolute atomic E-state index is 14.1. The number of thioether (sulfide) groups is 1. The summed E-state index contributed by atoms with van der Waals surface area (Å²) in [5.41, 5.74) is 1.95. The summed E-state index contributed by atoms with van der Waals surface area (Å²) in [4.78, 5) is 25.6. The monoisotopic (exact) mass is 356 g/mol. The number of benzene rings is 2. The molecule has 2 aromatic carbocycles. The van der Waals surface area contributed by atoms with Gasteiger partial charge < -0.3 is 5.32 Å². The van der Waals surface area contributed by atoms with Crippen LogP contribution in [-0.2, 0) is 9.59 Å². The van der Waals surface area contributed by atoms with Crippen molar-refractivity contribution in [2.45, 2.75) is 18.2 Å². The third-order valence-electron chi connectivity index (χ3n) is 4.39. The Balaban J connectivity index is 1.56. The van der Waals surface area contributed by atoms with Crippen molar-refractivity contribution in [1.29, 1.82) is 0 Å². The first-order chi connectivity index (χ1) is 12.1. The molecular formula is C19H17FN2O2S. The van der Waals surface area contributed by atoms with Crippen molar-refractivity contribution in [3.8, 4) is 0 Å². The number of hydrogen-bond donors (Lipinski definition) is 1. The smallest absolute Gasteiger partial charge is 0.238 e. The molecule has 0 radical (unpaired) electrons. The number of anilines is 2. The lowest BCUT2D eigenvalue weighted by Crippen LogP contribution is -2.28. The van der Waals surface area contributed by atoms with Gasteiger partial charge in [-0.1, -0.05) is 24.3 Å². The van der Waals surface area contributed by atoms with E-state index in [0.29, 0.717) is 11.4 Å². The Kier molecular flexibility index (Phi) is 4.21. The second-order valence-corrected chi connectivity index (χ2v) is 7.33. The molecule has 0 bridgehead atoms. The number of rotatable bonds is 4. The van der Waals surface area contributed by atoms with Crippen molar-refractivity contribution in [2.75, 3.05) is 16.0 Å². The van der Waals surface area contributed by atoms with Gasteiger partial charge in [0.15, 0.2) is 0 Å². The molecule has 0 spiro atoms. The number of para-hydroxylation sites is 1. The summed E-state index contributed by atoms with van der Waals surface area (Å²) in [6.07, 6.45) is 1.92. The van der Waals surface area contributed by atoms with Crippen LogP contribution in [0.4, 0.5) is 15.8 Å². The van der Waals surface area contributed by atoms with E-state index in [9.17, 15) is 14.0 Å². The van der Waals surface area contributed by atoms with Crippen molar-refractivity contribution in [3.05, 3.63) is 59.9 Å². The lowest BCUT2D eigenvalue weighted by atomic mass is 10.1. The number of hydrogen-bond acceptors (Lipinski definition) is 3. The Labute approximate surface area is 149 Å². The van der Waals surface area contributed by atoms with E-state index in [1.807, 2.05) is 24.3 Å². The standard InChI is InChI=1S/C19H17FN2O2S/c20-15-3-1-2-4-16(15)22-17(23)11-25-19(22)13-7-9-14(10-8-13)21-18(24)12-5-6-12/h1-4,7-10,12,19H,5-6,11H2,(H,21,24)/t19-/m1/s1. The highest BCUT2D eigenvalue weighted by Crippen LogP contribution is 2.42. The minimum atomic E-state index is -0.406. The number of nitrogens with zero attached hydrogens (tertiary/aromatic N) is 1. The van der Waals surface area contributed by atoms with Gasteiger partial charge in [-0.25, -0.2) is 4.39 Å². The molecule has 2 amide bonds. The average Bonchev–Trinajstić information content (AvgIpc) is 3.40. The molecule has 25 heavy (non-hydrogen) atoms. The van der Waals surface area contributed by atoms with Crippen molar-refractivity contribution >= 4 is 35.0 Å². The zero-order valence-corrected chi connectivity index (χ0v) is 14.3. The van der Waals surface area contributed by atoms with Crippen LogP contribution >= 0.6 is 11.8 Å². The molecule has 1 saturated heterocycles. The Morgan fingerprint density at radius 1 is 1.12 bits per heavy atom. The van der Waals surface area contributed by atoms with Crippen LogP contribution < -0.4 is 10.2 Å². The topological polar surface area (TPSA) is 49.4 Å². The van der Waals surface area contributed by atoms with Crippen LogP contribution in [0, 0.1) is 11.7 Å². The van der Waals surface area contributed by atoms with Gasteiger partial charge in [-0.15, -0.1) is 11.8 Å². The predicted molar refractivity (Wildman–Crippen MR) is 96.9 cm³/mol. The molecular weight excluding hydrogens is 339 g/mol. The van der Waals surface area contributed by atoms with E-state index < -0.39 is 5.82 Å². The molecule has 2 aromatic rings. The van der Waals surface area contributed by atoms with Crippen LogP contribution in [0.15, 0.2) is 48.5 Å². The third kappa shape index (κ3) is 3.26. The van der Waals surface area contributed by atoms with Crippen LogP contribution in [0.5, 0.6) is 0 Å². The van der Waals surface area contributed by atoms with Gasteiger partial charge in [0.25, 0.3) is 0 Å². The van der Waals surface area contributed by atoms with Crippen LogP contribution in [0.1, 0.15) is 23.8 Å². The largest absolute Gasteiger partial charge is 0.326 e. The van der Waals surface area contributed by atoms with E-state index in [1.165, 1.54) is 22.7 Å². The molecule has 2 fully saturated rings. The average molecular weight is 356 g/mol. The van der Waals surface area contributed by atoms with Crippen molar-refractivity contribution in [1.82, 2.24) is 0 Å². The van der Waals surface area contributed by atoms with Gasteiger partial charge in [0.1, 0.15) is 11.2 Å². The summed E-state index contributed by atoms with van der Waals surface area (Å²) in [5.74, 6) is 0.0207. The Hall–Kier alpha value is -2.34. The van der Waals surface area contributed by atoms with Crippen LogP contribution in [0.3, 0.4) is 0 Å². The van der Waals surface area contributed by atoms with Gasteiger partial charge in [0.2, 0.25) is 11.8 Å². The van der Waals surface area contributed by atoms with E-state index in [0.717, 1.165) is 24.1 Å². The molecule has 1 aliphatic carbocycles. The fraction of sp³-hybridized carbons (Fsp3) is 0.263. The number of amides is 2. The number of nitrogens with one attached hydrogen (secondary N) is 1. The normalized spacial score (nSPS) is 20.0. The number of carbonyl (C=O) groups excluding carboxylic acids is 2. The summed E-state index contributed by atoms with van der Waals surface area (Å²) >= 11 is 1.47. The summed E-state index contributed by atoms with van der Waals surface area (Å²) in [7, 11) is 0. The van der Waals surface area contributed by atoms with Gasteiger partial charge in [0, 0.05) is 11.6 Å². The maximum Gasteiger partial charge on any atom is 0.238 e. The second kappa shape index (κ2) is 6.52. The van der Waals surface area contributed by atoms with Crippen molar-refractivity contribution in [3.63, 3.8) is 0 Å². The SMILES string of the molecule is O=C(Nc1ccc([C@H]2SCC(=O)N2c2ccccc2F)cc1)C1CC1. The molecule has 128 valence electrons. The molecule has 1 saturated carbocycles. The van der Waals surface area contributed by atoms with Gasteiger partial charge in [0.05, 0.1) is 11.4 Å². The summed E-state index contributed by atoms with van der Waals surface area (Å²) < 4.78 is 14.1. The fourth-order valence-corrected chi connectivity index (χ4v) is 4.07. The van der Waals surface area contributed by atoms with Gasteiger partial charge >= 0.3 is 0 Å². The molecule has 0 unspecified atom stereocenters. The van der Waals surface area contributed by atoms with Gasteiger partial charge in [-0.2, -0.15) is 0 Å². The first kappa shape index (κ1) is 16.1. The Morgan fingerprint density at radius 3 is 2.52 bits per heavy atom. The predicted octanol–water partition coefficient (Wildman–Crippen LogP) is 3.95. The minimum absolute atomic E-state index is 0.0613. The van der Waals surface area contributed by atoms with Crippen LogP contribution in [0.25, 0.3) is 0 Å². The quantitative estimate of drug-likeness (QED) is 0.902. The first-order valence-electron chi connectivity index (χ1n) is 8.22. The lowest BCUT2D eigenvalue weighted by molar-refractivity contribution is -0.117. The van der Waals surface area contributed by atoms with Gasteiger partial charge in [-0.3, -0.25) is 14.5 Å². The highest BCUT2D eigenvalue weighted by Gasteiger charge is 2.35. The zero-order valence-electron chi connectivity index (χ0n) is 13.4. The molecule has 1 heterocycles. The molecule has 6 heteroatoms. The Bertz CT molecular complexity index is 820. The Morgan fingerprint density at radius 2 is 1.84 bits per heavy atom. The third-order valence-corrected chi connectivity index (χ3v) is 5.60. The lowest BCUT2D eigenvalue weighted by Gasteiger charge is -2.24. The molecule has 4 nitrogen and oxygen atoms in total. The zero-order chi connectivity index (χ0) is 17.4. The summed E-state index contributed by atoms with van der Waals surface area (Å²) in [5, 5.41) is 2.63. The van der Waals surface area contributed by atoms with Crippen LogP contribution in [-0.4, -0.2) is 17.6 Å². The molecule has 1 aliphatic heterocycles. The highest BCUT2D eigenvalue weighted by atomic mass is 32.2. The molecule has 4 rings (SSSR count). The number of carbonyl (C=O) groups is 2. The minimum Gasteiger partial charge on any atom is -0.326 e. The molecule has 2 aliphatic rings. The van der Waals surface area contributed by atoms with Crippen molar-refractivity contribution in [2.24, 2.45) is 5.92 Å². The van der Waals surface area contributed by atoms with Crippen LogP contribution in [0.2, 0.25) is 0 Å². The number of halogens is 1. The highest BCUT2D eigenvalue weighted by molar-refractivity contribution is 8.00. The molecule has 0 aromatic heterocycles. The van der Waals surface area contributed by atoms with E-state index >= 15 is 0 Å². The van der Waals surface area contributed by atoms with E-state index in [4.69, 9.17) is 0 Å². The van der Waals surface area contributed by atoms with E-state index in [2.05, 4.69) is 5.32 Å². The summed E-state index contributed by atoms with van der Waals surface area (Å²) in [6.45, 7) is 0. The van der Waals surface area contributed by atoms with E-state index in [1.54, 1.807) is 18.2 Å². The molecule has 1 N–H and O–H groups in total.